The van der Waals surface area contributed by atoms with Gasteiger partial charge in [-0.3, -0.25) is 0 Å². The van der Waals surface area contributed by atoms with Crippen LogP contribution in [0.5, 0.6) is 0 Å². The SMILES string of the molecule is Cc1ccc(-n2ccc(C3CC3)n2)c(CCl)c1. The first-order valence-corrected chi connectivity index (χ1v) is 6.53. The van der Waals surface area contributed by atoms with Crippen molar-refractivity contribution in [2.45, 2.75) is 31.6 Å². The number of nitrogens with zero attached hydrogens (tertiary/aromatic N) is 2. The number of hydrogen-bond donors (Lipinski definition) is 0. The second-order valence-corrected chi connectivity index (χ2v) is 4.99. The molecule has 0 radical (unpaired) electrons. The summed E-state index contributed by atoms with van der Waals surface area (Å²) in [6, 6.07) is 8.44. The summed E-state index contributed by atoms with van der Waals surface area (Å²) in [5, 5.41) is 4.64. The van der Waals surface area contributed by atoms with Gasteiger partial charge in [-0.05, 0) is 37.5 Å². The summed E-state index contributed by atoms with van der Waals surface area (Å²) in [7, 11) is 0. The molecule has 3 rings (SSSR count). The number of aromatic nitrogens is 2. The molecule has 1 heterocycles. The summed E-state index contributed by atoms with van der Waals surface area (Å²) >= 11 is 5.99. The minimum Gasteiger partial charge on any atom is -0.240 e. The van der Waals surface area contributed by atoms with Gasteiger partial charge >= 0.3 is 0 Å². The molecule has 1 aromatic carbocycles. The van der Waals surface area contributed by atoms with Crippen molar-refractivity contribution in [2.24, 2.45) is 0 Å². The number of alkyl halides is 1. The molecular weight excluding hydrogens is 232 g/mol. The fourth-order valence-electron chi connectivity index (χ4n) is 2.11. The average molecular weight is 247 g/mol. The van der Waals surface area contributed by atoms with Gasteiger partial charge in [0.1, 0.15) is 0 Å². The van der Waals surface area contributed by atoms with Crippen LogP contribution >= 0.6 is 11.6 Å². The van der Waals surface area contributed by atoms with E-state index in [9.17, 15) is 0 Å². The lowest BCUT2D eigenvalue weighted by Crippen LogP contribution is -2.00. The lowest BCUT2D eigenvalue weighted by Gasteiger charge is -2.08. The van der Waals surface area contributed by atoms with Crippen LogP contribution in [0.15, 0.2) is 30.5 Å². The molecule has 1 aliphatic carbocycles. The third kappa shape index (κ3) is 2.09. The molecular formula is C14H15ClN2. The van der Waals surface area contributed by atoms with Crippen LogP contribution < -0.4 is 0 Å². The van der Waals surface area contributed by atoms with Crippen molar-refractivity contribution >= 4 is 11.6 Å². The van der Waals surface area contributed by atoms with Gasteiger partial charge in [-0.25, -0.2) is 4.68 Å². The molecule has 1 saturated carbocycles. The van der Waals surface area contributed by atoms with E-state index in [-0.39, 0.29) is 0 Å². The Morgan fingerprint density at radius 3 is 2.88 bits per heavy atom. The van der Waals surface area contributed by atoms with E-state index in [1.54, 1.807) is 0 Å². The number of benzene rings is 1. The van der Waals surface area contributed by atoms with Crippen molar-refractivity contribution in [3.05, 3.63) is 47.3 Å². The molecule has 1 aliphatic rings. The van der Waals surface area contributed by atoms with Gasteiger partial charge in [0.15, 0.2) is 0 Å². The molecule has 88 valence electrons. The predicted octanol–water partition coefficient (Wildman–Crippen LogP) is 3.80. The van der Waals surface area contributed by atoms with Gasteiger partial charge in [0.05, 0.1) is 11.4 Å². The molecule has 0 N–H and O–H groups in total. The van der Waals surface area contributed by atoms with E-state index in [2.05, 4.69) is 36.3 Å². The van der Waals surface area contributed by atoms with Crippen molar-refractivity contribution in [2.75, 3.05) is 0 Å². The highest BCUT2D eigenvalue weighted by Crippen LogP contribution is 2.39. The zero-order valence-corrected chi connectivity index (χ0v) is 10.6. The molecule has 0 bridgehead atoms. The first-order valence-electron chi connectivity index (χ1n) is 5.99. The Kier molecular flexibility index (Phi) is 2.67. The molecule has 0 spiro atoms. The second kappa shape index (κ2) is 4.19. The van der Waals surface area contributed by atoms with E-state index in [1.807, 2.05) is 10.9 Å². The fourth-order valence-corrected chi connectivity index (χ4v) is 2.33. The summed E-state index contributed by atoms with van der Waals surface area (Å²) in [5.41, 5.74) is 4.68. The molecule has 3 heteroatoms. The zero-order chi connectivity index (χ0) is 11.8. The molecule has 1 fully saturated rings. The molecule has 0 unspecified atom stereocenters. The first-order chi connectivity index (χ1) is 8.28. The Hall–Kier alpha value is -1.28. The van der Waals surface area contributed by atoms with Gasteiger partial charge in [-0.1, -0.05) is 17.7 Å². The van der Waals surface area contributed by atoms with Gasteiger partial charge in [-0.15, -0.1) is 11.6 Å². The number of halogens is 1. The van der Waals surface area contributed by atoms with Crippen molar-refractivity contribution in [1.29, 1.82) is 0 Å². The van der Waals surface area contributed by atoms with Crippen LogP contribution in [-0.2, 0) is 5.88 Å². The molecule has 0 aliphatic heterocycles. The first kappa shape index (κ1) is 10.8. The molecule has 0 saturated heterocycles. The van der Waals surface area contributed by atoms with Crippen molar-refractivity contribution in [1.82, 2.24) is 9.78 Å². The lowest BCUT2D eigenvalue weighted by molar-refractivity contribution is 0.830. The minimum atomic E-state index is 0.523. The van der Waals surface area contributed by atoms with Crippen LogP contribution in [0, 0.1) is 6.92 Å². The van der Waals surface area contributed by atoms with Gasteiger partial charge in [0, 0.05) is 18.0 Å². The van der Waals surface area contributed by atoms with Crippen molar-refractivity contribution in [3.8, 4) is 5.69 Å². The number of hydrogen-bond acceptors (Lipinski definition) is 1. The maximum absolute atomic E-state index is 5.99. The smallest absolute Gasteiger partial charge is 0.0689 e. The minimum absolute atomic E-state index is 0.523. The topological polar surface area (TPSA) is 17.8 Å². The standard InChI is InChI=1S/C14H15ClN2/c1-10-2-5-14(12(8-10)9-15)17-7-6-13(16-17)11-3-4-11/h2,5-8,11H,3-4,9H2,1H3. The zero-order valence-electron chi connectivity index (χ0n) is 9.86. The van der Waals surface area contributed by atoms with E-state index >= 15 is 0 Å². The van der Waals surface area contributed by atoms with Gasteiger partial charge < -0.3 is 0 Å². The highest BCUT2D eigenvalue weighted by atomic mass is 35.5. The number of rotatable bonds is 3. The van der Waals surface area contributed by atoms with Crippen LogP contribution in [0.25, 0.3) is 5.69 Å². The predicted molar refractivity (Wildman–Crippen MR) is 69.8 cm³/mol. The van der Waals surface area contributed by atoms with Crippen LogP contribution in [0.3, 0.4) is 0 Å². The van der Waals surface area contributed by atoms with Gasteiger partial charge in [0.25, 0.3) is 0 Å². The highest BCUT2D eigenvalue weighted by Gasteiger charge is 2.26. The molecule has 2 nitrogen and oxygen atoms in total. The molecule has 1 aromatic heterocycles. The Balaban J connectivity index is 2.01. The second-order valence-electron chi connectivity index (χ2n) is 4.73. The Morgan fingerprint density at radius 2 is 2.18 bits per heavy atom. The Labute approximate surface area is 106 Å². The maximum Gasteiger partial charge on any atom is 0.0689 e. The summed E-state index contributed by atoms with van der Waals surface area (Å²) < 4.78 is 1.95. The third-order valence-electron chi connectivity index (χ3n) is 3.23. The summed E-state index contributed by atoms with van der Waals surface area (Å²) in [5.74, 6) is 1.22. The summed E-state index contributed by atoms with van der Waals surface area (Å²) in [6.45, 7) is 2.08. The fraction of sp³-hybridized carbons (Fsp3) is 0.357. The van der Waals surface area contributed by atoms with Crippen molar-refractivity contribution < 1.29 is 0 Å². The van der Waals surface area contributed by atoms with Crippen molar-refractivity contribution in [3.63, 3.8) is 0 Å². The monoisotopic (exact) mass is 246 g/mol. The average Bonchev–Trinajstić information content (AvgIpc) is 3.08. The van der Waals surface area contributed by atoms with Gasteiger partial charge in [-0.2, -0.15) is 5.10 Å². The van der Waals surface area contributed by atoms with E-state index in [4.69, 9.17) is 11.6 Å². The van der Waals surface area contributed by atoms with E-state index in [1.165, 1.54) is 24.1 Å². The summed E-state index contributed by atoms with van der Waals surface area (Å²) in [6.07, 6.45) is 4.61. The molecule has 0 amide bonds. The Morgan fingerprint density at radius 1 is 1.35 bits per heavy atom. The number of aryl methyl sites for hydroxylation is 1. The molecule has 0 atom stereocenters. The largest absolute Gasteiger partial charge is 0.240 e. The van der Waals surface area contributed by atoms with Crippen LogP contribution in [0.4, 0.5) is 0 Å². The van der Waals surface area contributed by atoms with Gasteiger partial charge in [0.2, 0.25) is 0 Å². The van der Waals surface area contributed by atoms with E-state index in [0.717, 1.165) is 11.3 Å². The Bertz CT molecular complexity index is 541. The third-order valence-corrected chi connectivity index (χ3v) is 3.52. The lowest BCUT2D eigenvalue weighted by atomic mass is 10.1. The molecule has 17 heavy (non-hydrogen) atoms. The highest BCUT2D eigenvalue weighted by molar-refractivity contribution is 6.17. The summed E-state index contributed by atoms with van der Waals surface area (Å²) in [4.78, 5) is 0. The maximum atomic E-state index is 5.99. The van der Waals surface area contributed by atoms with Crippen LogP contribution in [0.1, 0.15) is 35.6 Å². The normalized spacial score (nSPS) is 15.2. The molecule has 2 aromatic rings. The quantitative estimate of drug-likeness (QED) is 0.754. The van der Waals surface area contributed by atoms with Crippen LogP contribution in [-0.4, -0.2) is 9.78 Å². The van der Waals surface area contributed by atoms with Crippen LogP contribution in [0.2, 0.25) is 0 Å². The van der Waals surface area contributed by atoms with E-state index < -0.39 is 0 Å². The van der Waals surface area contributed by atoms with E-state index in [0.29, 0.717) is 11.8 Å².